The fraction of sp³-hybridized carbons (Fsp3) is 0.462. The summed E-state index contributed by atoms with van der Waals surface area (Å²) in [6.45, 7) is 2.16. The first kappa shape index (κ1) is 17.6. The molecule has 0 spiro atoms. The van der Waals surface area contributed by atoms with Gasteiger partial charge in [-0.1, -0.05) is 0 Å². The number of carbonyl (C=O) groups excluding carboxylic acids is 1. The lowest BCUT2D eigenvalue weighted by Gasteiger charge is -2.27. The van der Waals surface area contributed by atoms with Gasteiger partial charge in [-0.05, 0) is 24.3 Å². The van der Waals surface area contributed by atoms with E-state index < -0.39 is 11.7 Å². The summed E-state index contributed by atoms with van der Waals surface area (Å²) in [6.07, 6.45) is -4.37. The molecule has 1 aromatic carbocycles. The van der Waals surface area contributed by atoms with Crippen molar-refractivity contribution in [1.82, 2.24) is 10.6 Å². The summed E-state index contributed by atoms with van der Waals surface area (Å²) in [5.41, 5.74) is -0.744. The van der Waals surface area contributed by atoms with Crippen LogP contribution in [0.1, 0.15) is 5.56 Å². The number of ether oxygens (including phenoxy) is 1. The zero-order chi connectivity index (χ0) is 14.6. The molecule has 8 heteroatoms. The first-order valence-corrected chi connectivity index (χ1v) is 6.22. The van der Waals surface area contributed by atoms with Gasteiger partial charge in [0, 0.05) is 25.6 Å². The summed E-state index contributed by atoms with van der Waals surface area (Å²) in [5.74, 6) is 0.403. The third-order valence-electron chi connectivity index (χ3n) is 3.01. The number of rotatable bonds is 5. The van der Waals surface area contributed by atoms with E-state index in [-0.39, 0.29) is 30.7 Å². The molecule has 0 unspecified atom stereocenters. The monoisotopic (exact) mass is 324 g/mol. The lowest BCUT2D eigenvalue weighted by molar-refractivity contribution is -0.137. The minimum absolute atomic E-state index is 0. The molecule has 0 aromatic heterocycles. The Hall–Kier alpha value is -1.47. The molecule has 1 amide bonds. The van der Waals surface area contributed by atoms with Crippen LogP contribution in [-0.4, -0.2) is 32.1 Å². The minimum atomic E-state index is -4.37. The molecule has 0 bridgehead atoms. The van der Waals surface area contributed by atoms with Crippen molar-refractivity contribution < 1.29 is 22.7 Å². The van der Waals surface area contributed by atoms with Crippen molar-refractivity contribution in [2.75, 3.05) is 26.2 Å². The molecule has 1 aromatic rings. The first-order chi connectivity index (χ1) is 9.45. The largest absolute Gasteiger partial charge is 0.484 e. The average molecular weight is 325 g/mol. The number of alkyl halides is 3. The lowest BCUT2D eigenvalue weighted by Crippen LogP contribution is -2.48. The third-order valence-corrected chi connectivity index (χ3v) is 3.01. The van der Waals surface area contributed by atoms with E-state index in [1.807, 2.05) is 0 Å². The van der Waals surface area contributed by atoms with Crippen molar-refractivity contribution in [1.29, 1.82) is 0 Å². The summed E-state index contributed by atoms with van der Waals surface area (Å²) in [5, 5.41) is 5.79. The standard InChI is InChI=1S/C13H15F3N2O2.ClH/c14-13(15,16)10-1-3-11(4-2-10)20-8-12(19)18-7-9-5-17-6-9;/h1-4,9,17H,5-8H2,(H,18,19);1H. The molecular formula is C13H16ClF3N2O2. The molecule has 2 N–H and O–H groups in total. The van der Waals surface area contributed by atoms with E-state index in [0.29, 0.717) is 12.5 Å². The zero-order valence-electron chi connectivity index (χ0n) is 11.1. The van der Waals surface area contributed by atoms with Gasteiger partial charge >= 0.3 is 6.18 Å². The zero-order valence-corrected chi connectivity index (χ0v) is 11.9. The maximum absolute atomic E-state index is 12.3. The molecule has 1 fully saturated rings. The van der Waals surface area contributed by atoms with Crippen LogP contribution in [0, 0.1) is 5.92 Å². The van der Waals surface area contributed by atoms with Gasteiger partial charge in [0.15, 0.2) is 6.61 Å². The van der Waals surface area contributed by atoms with E-state index in [9.17, 15) is 18.0 Å². The van der Waals surface area contributed by atoms with Crippen LogP contribution in [0.5, 0.6) is 5.75 Å². The second kappa shape index (κ2) is 7.51. The average Bonchev–Trinajstić information content (AvgIpc) is 2.34. The SMILES string of the molecule is Cl.O=C(COc1ccc(C(F)(F)F)cc1)NCC1CNC1. The topological polar surface area (TPSA) is 50.4 Å². The molecular weight excluding hydrogens is 309 g/mol. The van der Waals surface area contributed by atoms with Gasteiger partial charge in [-0.25, -0.2) is 0 Å². The van der Waals surface area contributed by atoms with Crippen molar-refractivity contribution in [2.45, 2.75) is 6.18 Å². The number of hydrogen-bond donors (Lipinski definition) is 2. The predicted octanol–water partition coefficient (Wildman–Crippen LogP) is 1.84. The van der Waals surface area contributed by atoms with E-state index in [4.69, 9.17) is 4.74 Å². The van der Waals surface area contributed by atoms with Crippen molar-refractivity contribution in [3.63, 3.8) is 0 Å². The highest BCUT2D eigenvalue weighted by atomic mass is 35.5. The van der Waals surface area contributed by atoms with Crippen LogP contribution >= 0.6 is 12.4 Å². The third kappa shape index (κ3) is 5.43. The lowest BCUT2D eigenvalue weighted by atomic mass is 10.0. The van der Waals surface area contributed by atoms with Crippen LogP contribution in [0.3, 0.4) is 0 Å². The van der Waals surface area contributed by atoms with Gasteiger partial charge in [-0.3, -0.25) is 4.79 Å². The molecule has 0 saturated carbocycles. The van der Waals surface area contributed by atoms with Crippen molar-refractivity contribution in [3.8, 4) is 5.75 Å². The maximum atomic E-state index is 12.3. The summed E-state index contributed by atoms with van der Waals surface area (Å²) in [7, 11) is 0. The Morgan fingerprint density at radius 3 is 2.38 bits per heavy atom. The van der Waals surface area contributed by atoms with Crippen LogP contribution in [0.2, 0.25) is 0 Å². The normalized spacial score (nSPS) is 14.8. The molecule has 1 aliphatic rings. The van der Waals surface area contributed by atoms with Crippen LogP contribution in [0.4, 0.5) is 13.2 Å². The summed E-state index contributed by atoms with van der Waals surface area (Å²) < 4.78 is 42.1. The molecule has 0 atom stereocenters. The van der Waals surface area contributed by atoms with E-state index in [1.165, 1.54) is 12.1 Å². The Bertz CT molecular complexity index is 461. The molecule has 4 nitrogen and oxygen atoms in total. The highest BCUT2D eigenvalue weighted by Crippen LogP contribution is 2.30. The van der Waals surface area contributed by atoms with Crippen molar-refractivity contribution in [2.24, 2.45) is 5.92 Å². The molecule has 0 radical (unpaired) electrons. The Labute approximate surface area is 126 Å². The second-order valence-electron chi connectivity index (χ2n) is 4.64. The van der Waals surface area contributed by atoms with Crippen molar-refractivity contribution in [3.05, 3.63) is 29.8 Å². The fourth-order valence-electron chi connectivity index (χ4n) is 1.69. The quantitative estimate of drug-likeness (QED) is 0.869. The summed E-state index contributed by atoms with van der Waals surface area (Å²) in [6, 6.07) is 4.25. The molecule has 0 aliphatic carbocycles. The van der Waals surface area contributed by atoms with Gasteiger partial charge < -0.3 is 15.4 Å². The summed E-state index contributed by atoms with van der Waals surface area (Å²) >= 11 is 0. The predicted molar refractivity (Wildman–Crippen MR) is 73.6 cm³/mol. The molecule has 1 aliphatic heterocycles. The molecule has 2 rings (SSSR count). The number of hydrogen-bond acceptors (Lipinski definition) is 3. The van der Waals surface area contributed by atoms with Gasteiger partial charge in [0.05, 0.1) is 5.56 Å². The second-order valence-corrected chi connectivity index (χ2v) is 4.64. The minimum Gasteiger partial charge on any atom is -0.484 e. The van der Waals surface area contributed by atoms with Crippen LogP contribution in [-0.2, 0) is 11.0 Å². The smallest absolute Gasteiger partial charge is 0.416 e. The van der Waals surface area contributed by atoms with Gasteiger partial charge in [0.25, 0.3) is 5.91 Å². The number of carbonyl (C=O) groups is 1. The number of nitrogens with one attached hydrogen (secondary N) is 2. The van der Waals surface area contributed by atoms with E-state index >= 15 is 0 Å². The van der Waals surface area contributed by atoms with Gasteiger partial charge in [0.1, 0.15) is 5.75 Å². The van der Waals surface area contributed by atoms with E-state index in [1.54, 1.807) is 0 Å². The fourth-order valence-corrected chi connectivity index (χ4v) is 1.69. The van der Waals surface area contributed by atoms with Crippen LogP contribution < -0.4 is 15.4 Å². The molecule has 1 saturated heterocycles. The maximum Gasteiger partial charge on any atom is 0.416 e. The number of amides is 1. The Balaban J connectivity index is 0.00000220. The Morgan fingerprint density at radius 2 is 1.90 bits per heavy atom. The highest BCUT2D eigenvalue weighted by Gasteiger charge is 2.30. The molecule has 21 heavy (non-hydrogen) atoms. The Morgan fingerprint density at radius 1 is 1.29 bits per heavy atom. The van der Waals surface area contributed by atoms with Gasteiger partial charge in [-0.15, -0.1) is 12.4 Å². The summed E-state index contributed by atoms with van der Waals surface area (Å²) in [4.78, 5) is 11.5. The van der Waals surface area contributed by atoms with Crippen LogP contribution in [0.25, 0.3) is 0 Å². The van der Waals surface area contributed by atoms with Crippen molar-refractivity contribution >= 4 is 18.3 Å². The Kier molecular flexibility index (Phi) is 6.29. The van der Waals surface area contributed by atoms with E-state index in [0.717, 1.165) is 25.2 Å². The highest BCUT2D eigenvalue weighted by molar-refractivity contribution is 5.85. The van der Waals surface area contributed by atoms with E-state index in [2.05, 4.69) is 10.6 Å². The first-order valence-electron chi connectivity index (χ1n) is 6.22. The molecule has 118 valence electrons. The van der Waals surface area contributed by atoms with Gasteiger partial charge in [-0.2, -0.15) is 13.2 Å². The number of halogens is 4. The van der Waals surface area contributed by atoms with Crippen LogP contribution in [0.15, 0.2) is 24.3 Å². The number of benzene rings is 1. The van der Waals surface area contributed by atoms with Gasteiger partial charge in [0.2, 0.25) is 0 Å². The molecule has 1 heterocycles.